The number of nitrogens with two attached hydrogens (primary N) is 1. The van der Waals surface area contributed by atoms with E-state index in [1.165, 1.54) is 24.0 Å². The lowest BCUT2D eigenvalue weighted by molar-refractivity contribution is 0.139. The van der Waals surface area contributed by atoms with Crippen molar-refractivity contribution >= 4 is 0 Å². The normalized spacial score (nSPS) is 19.5. The zero-order valence-corrected chi connectivity index (χ0v) is 10.1. The number of rotatable bonds is 4. The summed E-state index contributed by atoms with van der Waals surface area (Å²) in [7, 11) is 0. The van der Waals surface area contributed by atoms with Gasteiger partial charge in [0.2, 0.25) is 0 Å². The van der Waals surface area contributed by atoms with E-state index in [-0.39, 0.29) is 6.04 Å². The van der Waals surface area contributed by atoms with Crippen molar-refractivity contribution in [2.45, 2.75) is 45.3 Å². The molecule has 2 heteroatoms. The van der Waals surface area contributed by atoms with Crippen molar-refractivity contribution in [3.63, 3.8) is 0 Å². The Balaban J connectivity index is 2.06. The Morgan fingerprint density at radius 1 is 1.31 bits per heavy atom. The average molecular weight is 219 g/mol. The quantitative estimate of drug-likeness (QED) is 0.817. The van der Waals surface area contributed by atoms with Gasteiger partial charge in [-0.2, -0.15) is 0 Å². The molecule has 0 saturated heterocycles. The maximum atomic E-state index is 10.2. The summed E-state index contributed by atoms with van der Waals surface area (Å²) in [5, 5.41) is 10.2. The molecule has 2 rings (SSSR count). The maximum Gasteiger partial charge on any atom is 0.0941 e. The van der Waals surface area contributed by atoms with Crippen LogP contribution in [0.25, 0.3) is 0 Å². The fraction of sp³-hybridized carbons (Fsp3) is 0.571. The monoisotopic (exact) mass is 219 g/mol. The Labute approximate surface area is 97.5 Å². The predicted molar refractivity (Wildman–Crippen MR) is 66.2 cm³/mol. The first-order chi connectivity index (χ1) is 7.58. The first kappa shape index (κ1) is 11.6. The Morgan fingerprint density at radius 3 is 2.56 bits per heavy atom. The van der Waals surface area contributed by atoms with Crippen LogP contribution in [0.15, 0.2) is 18.2 Å². The second-order valence-electron chi connectivity index (χ2n) is 5.13. The van der Waals surface area contributed by atoms with E-state index in [0.717, 1.165) is 17.9 Å². The van der Waals surface area contributed by atoms with E-state index in [4.69, 9.17) is 5.73 Å². The fourth-order valence-electron chi connectivity index (χ4n) is 2.06. The van der Waals surface area contributed by atoms with Gasteiger partial charge >= 0.3 is 0 Å². The highest BCUT2D eigenvalue weighted by molar-refractivity contribution is 5.31. The van der Waals surface area contributed by atoms with Crippen LogP contribution in [0.5, 0.6) is 0 Å². The topological polar surface area (TPSA) is 46.2 Å². The second kappa shape index (κ2) is 4.56. The zero-order chi connectivity index (χ0) is 11.7. The van der Waals surface area contributed by atoms with Crippen LogP contribution in [-0.4, -0.2) is 11.1 Å². The first-order valence-corrected chi connectivity index (χ1v) is 6.08. The molecule has 0 radical (unpaired) electrons. The molecule has 2 nitrogen and oxygen atoms in total. The molecule has 0 bridgehead atoms. The van der Waals surface area contributed by atoms with E-state index in [0.29, 0.717) is 0 Å². The third kappa shape index (κ3) is 2.63. The van der Waals surface area contributed by atoms with Gasteiger partial charge in [-0.05, 0) is 42.9 Å². The molecule has 1 aliphatic carbocycles. The van der Waals surface area contributed by atoms with Crippen molar-refractivity contribution in [2.24, 2.45) is 11.7 Å². The van der Waals surface area contributed by atoms with Gasteiger partial charge in [-0.3, -0.25) is 0 Å². The molecule has 1 aromatic rings. The second-order valence-corrected chi connectivity index (χ2v) is 5.13. The Bertz CT molecular complexity index is 371. The maximum absolute atomic E-state index is 10.2. The third-order valence-electron chi connectivity index (χ3n) is 3.58. The van der Waals surface area contributed by atoms with Gasteiger partial charge in [-0.1, -0.05) is 31.0 Å². The van der Waals surface area contributed by atoms with E-state index in [2.05, 4.69) is 19.9 Å². The van der Waals surface area contributed by atoms with Crippen molar-refractivity contribution in [3.8, 4) is 0 Å². The highest BCUT2D eigenvalue weighted by Crippen LogP contribution is 2.35. The molecular formula is C14H21NO. The molecule has 1 fully saturated rings. The standard InChI is InChI=1S/C14H21NO/c1-9-3-6-12(7-10(9)2)14(16)13(15)8-11-4-5-11/h3,6-7,11,13-14,16H,4-5,8,15H2,1-2H3. The van der Waals surface area contributed by atoms with Crippen LogP contribution in [0, 0.1) is 19.8 Å². The minimum absolute atomic E-state index is 0.116. The minimum Gasteiger partial charge on any atom is -0.387 e. The van der Waals surface area contributed by atoms with Gasteiger partial charge in [-0.25, -0.2) is 0 Å². The van der Waals surface area contributed by atoms with Gasteiger partial charge in [0.05, 0.1) is 6.10 Å². The van der Waals surface area contributed by atoms with Crippen molar-refractivity contribution in [1.82, 2.24) is 0 Å². The molecule has 3 N–H and O–H groups in total. The highest BCUT2D eigenvalue weighted by atomic mass is 16.3. The van der Waals surface area contributed by atoms with E-state index < -0.39 is 6.10 Å². The van der Waals surface area contributed by atoms with Gasteiger partial charge < -0.3 is 10.8 Å². The van der Waals surface area contributed by atoms with E-state index in [1.54, 1.807) is 0 Å². The average Bonchev–Trinajstić information content (AvgIpc) is 3.05. The van der Waals surface area contributed by atoms with Crippen LogP contribution in [0.2, 0.25) is 0 Å². The molecular weight excluding hydrogens is 198 g/mol. The van der Waals surface area contributed by atoms with Crippen molar-refractivity contribution in [2.75, 3.05) is 0 Å². The molecule has 0 heterocycles. The molecule has 1 aromatic carbocycles. The van der Waals surface area contributed by atoms with Crippen LogP contribution < -0.4 is 5.73 Å². The molecule has 88 valence electrons. The van der Waals surface area contributed by atoms with Crippen LogP contribution in [-0.2, 0) is 0 Å². The van der Waals surface area contributed by atoms with Crippen LogP contribution in [0.1, 0.15) is 42.1 Å². The summed E-state index contributed by atoms with van der Waals surface area (Å²) in [5.41, 5.74) is 9.46. The number of aryl methyl sites for hydroxylation is 2. The van der Waals surface area contributed by atoms with Crippen LogP contribution >= 0.6 is 0 Å². The summed E-state index contributed by atoms with van der Waals surface area (Å²) < 4.78 is 0. The Kier molecular flexibility index (Phi) is 3.31. The van der Waals surface area contributed by atoms with Crippen molar-refractivity contribution < 1.29 is 5.11 Å². The number of benzene rings is 1. The number of aliphatic hydroxyl groups excluding tert-OH is 1. The number of hydrogen-bond donors (Lipinski definition) is 2. The lowest BCUT2D eigenvalue weighted by atomic mass is 9.96. The fourth-order valence-corrected chi connectivity index (χ4v) is 2.06. The first-order valence-electron chi connectivity index (χ1n) is 6.08. The predicted octanol–water partition coefficient (Wildman–Crippen LogP) is 2.46. The van der Waals surface area contributed by atoms with Crippen molar-refractivity contribution in [1.29, 1.82) is 0 Å². The van der Waals surface area contributed by atoms with Crippen molar-refractivity contribution in [3.05, 3.63) is 34.9 Å². The number of hydrogen-bond acceptors (Lipinski definition) is 2. The molecule has 1 aliphatic rings. The summed E-state index contributed by atoms with van der Waals surface area (Å²) in [6.45, 7) is 4.15. The zero-order valence-electron chi connectivity index (χ0n) is 10.1. The number of aliphatic hydroxyl groups is 1. The summed E-state index contributed by atoms with van der Waals surface area (Å²) in [4.78, 5) is 0. The lowest BCUT2D eigenvalue weighted by Gasteiger charge is -2.19. The molecule has 0 spiro atoms. The SMILES string of the molecule is Cc1ccc(C(O)C(N)CC2CC2)cc1C. The molecule has 0 aromatic heterocycles. The van der Waals surface area contributed by atoms with Crippen LogP contribution in [0.4, 0.5) is 0 Å². The smallest absolute Gasteiger partial charge is 0.0941 e. The van der Waals surface area contributed by atoms with Gasteiger partial charge in [0.1, 0.15) is 0 Å². The summed E-state index contributed by atoms with van der Waals surface area (Å²) in [6, 6.07) is 5.97. The van der Waals surface area contributed by atoms with E-state index in [1.807, 2.05) is 12.1 Å². The molecule has 0 aliphatic heterocycles. The summed E-state index contributed by atoms with van der Waals surface area (Å²) in [6.07, 6.45) is 3.01. The van der Waals surface area contributed by atoms with Crippen LogP contribution in [0.3, 0.4) is 0 Å². The molecule has 2 atom stereocenters. The largest absolute Gasteiger partial charge is 0.387 e. The van der Waals surface area contributed by atoms with E-state index in [9.17, 15) is 5.11 Å². The van der Waals surface area contributed by atoms with Gasteiger partial charge in [0.15, 0.2) is 0 Å². The Hall–Kier alpha value is -0.860. The molecule has 1 saturated carbocycles. The summed E-state index contributed by atoms with van der Waals surface area (Å²) >= 11 is 0. The summed E-state index contributed by atoms with van der Waals surface area (Å²) in [5.74, 6) is 0.760. The highest BCUT2D eigenvalue weighted by Gasteiger charge is 2.27. The Morgan fingerprint density at radius 2 is 2.00 bits per heavy atom. The molecule has 2 unspecified atom stereocenters. The van der Waals surface area contributed by atoms with Gasteiger partial charge in [0.25, 0.3) is 0 Å². The molecule has 16 heavy (non-hydrogen) atoms. The minimum atomic E-state index is -0.514. The molecule has 0 amide bonds. The third-order valence-corrected chi connectivity index (χ3v) is 3.58. The van der Waals surface area contributed by atoms with Gasteiger partial charge in [0, 0.05) is 6.04 Å². The van der Waals surface area contributed by atoms with Gasteiger partial charge in [-0.15, -0.1) is 0 Å². The van der Waals surface area contributed by atoms with E-state index >= 15 is 0 Å². The lowest BCUT2D eigenvalue weighted by Crippen LogP contribution is -2.28.